The van der Waals surface area contributed by atoms with Crippen molar-refractivity contribution in [1.29, 1.82) is 0 Å². The quantitative estimate of drug-likeness (QED) is 0.893. The fourth-order valence-electron chi connectivity index (χ4n) is 1.70. The van der Waals surface area contributed by atoms with E-state index in [4.69, 9.17) is 10.5 Å². The van der Waals surface area contributed by atoms with Crippen molar-refractivity contribution >= 4 is 0 Å². The molecule has 0 radical (unpaired) electrons. The number of benzene rings is 1. The van der Waals surface area contributed by atoms with Gasteiger partial charge in [-0.1, -0.05) is 26.0 Å². The van der Waals surface area contributed by atoms with Gasteiger partial charge in [0.05, 0.1) is 5.69 Å². The van der Waals surface area contributed by atoms with Crippen LogP contribution in [0.4, 0.5) is 0 Å². The minimum absolute atomic E-state index is 0.420. The van der Waals surface area contributed by atoms with Crippen LogP contribution in [0.15, 0.2) is 42.6 Å². The third-order valence-electron chi connectivity index (χ3n) is 2.76. The summed E-state index contributed by atoms with van der Waals surface area (Å²) in [5.41, 5.74) is 7.65. The van der Waals surface area contributed by atoms with Crippen molar-refractivity contribution in [2.24, 2.45) is 5.73 Å². The predicted molar refractivity (Wildman–Crippen MR) is 72.7 cm³/mol. The Morgan fingerprint density at radius 1 is 1.17 bits per heavy atom. The molecule has 3 heteroatoms. The van der Waals surface area contributed by atoms with Crippen molar-refractivity contribution in [2.45, 2.75) is 26.3 Å². The molecule has 2 rings (SSSR count). The van der Waals surface area contributed by atoms with E-state index in [0.717, 1.165) is 17.2 Å². The van der Waals surface area contributed by atoms with Crippen molar-refractivity contribution in [2.75, 3.05) is 0 Å². The number of aromatic nitrogens is 1. The fourth-order valence-corrected chi connectivity index (χ4v) is 1.70. The molecule has 0 saturated carbocycles. The molecule has 2 aromatic rings. The first-order valence-electron chi connectivity index (χ1n) is 6.12. The summed E-state index contributed by atoms with van der Waals surface area (Å²) in [5.74, 6) is 2.10. The Bertz CT molecular complexity index is 523. The molecule has 0 spiro atoms. The minimum Gasteiger partial charge on any atom is -0.457 e. The zero-order chi connectivity index (χ0) is 13.0. The predicted octanol–water partition coefficient (Wildman–Crippen LogP) is 3.46. The Morgan fingerprint density at radius 2 is 1.94 bits per heavy atom. The molecule has 94 valence electrons. The summed E-state index contributed by atoms with van der Waals surface area (Å²) in [7, 11) is 0. The summed E-state index contributed by atoms with van der Waals surface area (Å²) in [6, 6.07) is 11.8. The molecule has 0 unspecified atom stereocenters. The van der Waals surface area contributed by atoms with Gasteiger partial charge in [-0.05, 0) is 29.7 Å². The molecule has 0 aliphatic heterocycles. The van der Waals surface area contributed by atoms with Gasteiger partial charge in [-0.15, -0.1) is 0 Å². The number of hydrogen-bond acceptors (Lipinski definition) is 3. The number of ether oxygens (including phenoxy) is 1. The second kappa shape index (κ2) is 5.65. The molecule has 0 saturated heterocycles. The van der Waals surface area contributed by atoms with Crippen LogP contribution in [0.2, 0.25) is 0 Å². The highest BCUT2D eigenvalue weighted by Gasteiger charge is 2.03. The first kappa shape index (κ1) is 12.6. The summed E-state index contributed by atoms with van der Waals surface area (Å²) >= 11 is 0. The number of pyridine rings is 1. The van der Waals surface area contributed by atoms with Gasteiger partial charge in [0.2, 0.25) is 0 Å². The van der Waals surface area contributed by atoms with E-state index in [1.807, 2.05) is 24.3 Å². The monoisotopic (exact) mass is 242 g/mol. The molecule has 1 aromatic heterocycles. The van der Waals surface area contributed by atoms with Gasteiger partial charge >= 0.3 is 0 Å². The van der Waals surface area contributed by atoms with Crippen LogP contribution in [0.3, 0.4) is 0 Å². The van der Waals surface area contributed by atoms with Crippen LogP contribution in [0, 0.1) is 0 Å². The van der Waals surface area contributed by atoms with E-state index < -0.39 is 0 Å². The standard InChI is InChI=1S/C15H18N2O/c1-11(2)12-4-3-5-14(8-12)18-15-6-7-17-13(9-15)10-16/h3-9,11H,10,16H2,1-2H3. The van der Waals surface area contributed by atoms with Gasteiger partial charge < -0.3 is 10.5 Å². The molecule has 18 heavy (non-hydrogen) atoms. The lowest BCUT2D eigenvalue weighted by atomic mass is 10.0. The smallest absolute Gasteiger partial charge is 0.130 e. The maximum Gasteiger partial charge on any atom is 0.130 e. The Morgan fingerprint density at radius 3 is 2.67 bits per heavy atom. The molecular formula is C15H18N2O. The lowest BCUT2D eigenvalue weighted by Gasteiger charge is -2.10. The van der Waals surface area contributed by atoms with Crippen molar-refractivity contribution in [3.05, 3.63) is 53.9 Å². The number of nitrogens with zero attached hydrogens (tertiary/aromatic N) is 1. The summed E-state index contributed by atoms with van der Waals surface area (Å²) in [4.78, 5) is 4.14. The minimum atomic E-state index is 0.420. The van der Waals surface area contributed by atoms with Crippen LogP contribution < -0.4 is 10.5 Å². The Hall–Kier alpha value is -1.87. The maximum atomic E-state index is 5.82. The van der Waals surface area contributed by atoms with E-state index >= 15 is 0 Å². The van der Waals surface area contributed by atoms with Crippen LogP contribution >= 0.6 is 0 Å². The average molecular weight is 242 g/mol. The molecule has 0 aliphatic rings. The average Bonchev–Trinajstić information content (AvgIpc) is 2.39. The van der Waals surface area contributed by atoms with Gasteiger partial charge in [0.15, 0.2) is 0 Å². The molecule has 0 bridgehead atoms. The highest BCUT2D eigenvalue weighted by atomic mass is 16.5. The Kier molecular flexibility index (Phi) is 3.95. The highest BCUT2D eigenvalue weighted by Crippen LogP contribution is 2.25. The molecule has 0 amide bonds. The molecule has 2 N–H and O–H groups in total. The topological polar surface area (TPSA) is 48.1 Å². The summed E-state index contributed by atoms with van der Waals surface area (Å²) in [5, 5.41) is 0. The van der Waals surface area contributed by atoms with E-state index in [2.05, 4.69) is 31.0 Å². The van der Waals surface area contributed by atoms with Crippen LogP contribution in [-0.4, -0.2) is 4.98 Å². The SMILES string of the molecule is CC(C)c1cccc(Oc2ccnc(CN)c2)c1. The van der Waals surface area contributed by atoms with Crippen molar-refractivity contribution in [1.82, 2.24) is 4.98 Å². The second-order valence-electron chi connectivity index (χ2n) is 4.52. The Labute approximate surface area is 108 Å². The maximum absolute atomic E-state index is 5.82. The van der Waals surface area contributed by atoms with Crippen molar-refractivity contribution < 1.29 is 4.74 Å². The largest absolute Gasteiger partial charge is 0.457 e. The summed E-state index contributed by atoms with van der Waals surface area (Å²) in [6.07, 6.45) is 1.71. The van der Waals surface area contributed by atoms with Gasteiger partial charge in [0, 0.05) is 18.8 Å². The fraction of sp³-hybridized carbons (Fsp3) is 0.267. The van der Waals surface area contributed by atoms with Crippen molar-refractivity contribution in [3.8, 4) is 11.5 Å². The van der Waals surface area contributed by atoms with Gasteiger partial charge in [0.25, 0.3) is 0 Å². The van der Waals surface area contributed by atoms with E-state index in [1.54, 1.807) is 6.20 Å². The van der Waals surface area contributed by atoms with Crippen LogP contribution in [0.1, 0.15) is 31.0 Å². The molecule has 0 fully saturated rings. The molecule has 0 aliphatic carbocycles. The highest BCUT2D eigenvalue weighted by molar-refractivity contribution is 5.35. The summed E-state index contributed by atoms with van der Waals surface area (Å²) < 4.78 is 5.82. The van der Waals surface area contributed by atoms with E-state index in [9.17, 15) is 0 Å². The number of hydrogen-bond donors (Lipinski definition) is 1. The number of rotatable bonds is 4. The van der Waals surface area contributed by atoms with Crippen LogP contribution in [0.25, 0.3) is 0 Å². The third kappa shape index (κ3) is 3.08. The Balaban J connectivity index is 2.20. The van der Waals surface area contributed by atoms with Gasteiger partial charge in [-0.3, -0.25) is 4.98 Å². The zero-order valence-corrected chi connectivity index (χ0v) is 10.8. The van der Waals surface area contributed by atoms with Crippen LogP contribution in [-0.2, 0) is 6.54 Å². The molecule has 1 aromatic carbocycles. The zero-order valence-electron chi connectivity index (χ0n) is 10.8. The molecule has 0 atom stereocenters. The lowest BCUT2D eigenvalue weighted by molar-refractivity contribution is 0.480. The molecular weight excluding hydrogens is 224 g/mol. The summed E-state index contributed by atoms with van der Waals surface area (Å²) in [6.45, 7) is 4.75. The van der Waals surface area contributed by atoms with Gasteiger partial charge in [0.1, 0.15) is 11.5 Å². The first-order chi connectivity index (χ1) is 8.69. The van der Waals surface area contributed by atoms with Crippen molar-refractivity contribution in [3.63, 3.8) is 0 Å². The van der Waals surface area contributed by atoms with Crippen LogP contribution in [0.5, 0.6) is 11.5 Å². The number of nitrogens with two attached hydrogens (primary N) is 1. The molecule has 3 nitrogen and oxygen atoms in total. The van der Waals surface area contributed by atoms with E-state index in [0.29, 0.717) is 12.5 Å². The van der Waals surface area contributed by atoms with Gasteiger partial charge in [-0.25, -0.2) is 0 Å². The first-order valence-corrected chi connectivity index (χ1v) is 6.12. The normalized spacial score (nSPS) is 10.7. The molecule has 1 heterocycles. The third-order valence-corrected chi connectivity index (χ3v) is 2.76. The van der Waals surface area contributed by atoms with Gasteiger partial charge in [-0.2, -0.15) is 0 Å². The van der Waals surface area contributed by atoms with E-state index in [1.165, 1.54) is 5.56 Å². The second-order valence-corrected chi connectivity index (χ2v) is 4.52. The lowest BCUT2D eigenvalue weighted by Crippen LogP contribution is -1.99. The van der Waals surface area contributed by atoms with E-state index in [-0.39, 0.29) is 0 Å².